The first-order valence-electron chi connectivity index (χ1n) is 5.99. The van der Waals surface area contributed by atoms with E-state index in [-0.39, 0.29) is 24.3 Å². The van der Waals surface area contributed by atoms with Gasteiger partial charge in [-0.1, -0.05) is 12.1 Å². The molecule has 1 aromatic rings. The van der Waals surface area contributed by atoms with Gasteiger partial charge in [0.25, 0.3) is 0 Å². The zero-order valence-corrected chi connectivity index (χ0v) is 11.2. The minimum Gasteiger partial charge on any atom is -0.478 e. The van der Waals surface area contributed by atoms with Crippen LogP contribution in [0.2, 0.25) is 0 Å². The van der Waals surface area contributed by atoms with Crippen LogP contribution in [0.4, 0.5) is 0 Å². The van der Waals surface area contributed by atoms with Gasteiger partial charge >= 0.3 is 23.9 Å². The average molecular weight is 308 g/mol. The molecule has 0 saturated carbocycles. The van der Waals surface area contributed by atoms with Crippen molar-refractivity contribution in [3.05, 3.63) is 47.5 Å². The van der Waals surface area contributed by atoms with E-state index in [0.717, 1.165) is 12.2 Å². The van der Waals surface area contributed by atoms with Crippen LogP contribution in [0.1, 0.15) is 20.7 Å². The lowest BCUT2D eigenvalue weighted by atomic mass is 10.1. The molecule has 116 valence electrons. The zero-order chi connectivity index (χ0) is 16.5. The Bertz CT molecular complexity index is 564. The van der Waals surface area contributed by atoms with Gasteiger partial charge in [-0.15, -0.1) is 0 Å². The quantitative estimate of drug-likeness (QED) is 0.765. The van der Waals surface area contributed by atoms with Gasteiger partial charge in [0.05, 0.1) is 11.1 Å². The summed E-state index contributed by atoms with van der Waals surface area (Å²) in [5.41, 5.74) is -0.380. The minimum atomic E-state index is -1.23. The summed E-state index contributed by atoms with van der Waals surface area (Å²) in [7, 11) is 0. The molecule has 0 spiro atoms. The van der Waals surface area contributed by atoms with Crippen molar-refractivity contribution in [2.24, 2.45) is 0 Å². The number of ether oxygens (including phenoxy) is 2. The first-order chi connectivity index (χ1) is 10.4. The molecule has 8 nitrogen and oxygen atoms in total. The lowest BCUT2D eigenvalue weighted by molar-refractivity contribution is -0.148. The molecule has 0 fully saturated rings. The van der Waals surface area contributed by atoms with Gasteiger partial charge < -0.3 is 19.7 Å². The van der Waals surface area contributed by atoms with Crippen LogP contribution >= 0.6 is 0 Å². The number of aromatic carboxylic acids is 2. The summed E-state index contributed by atoms with van der Waals surface area (Å²) in [6, 6.07) is 5.48. The van der Waals surface area contributed by atoms with Crippen LogP contribution in [0.15, 0.2) is 36.4 Å². The number of rotatable bonds is 2. The number of hydrogen-bond acceptors (Lipinski definition) is 6. The van der Waals surface area contributed by atoms with Crippen LogP contribution in [0.3, 0.4) is 0 Å². The van der Waals surface area contributed by atoms with E-state index in [1.165, 1.54) is 24.3 Å². The number of carboxylic acid groups (broad SMARTS) is 2. The Morgan fingerprint density at radius 2 is 1.18 bits per heavy atom. The molecule has 0 atom stereocenters. The standard InChI is InChI=1S/C8H6O4.C6H6O4/c9-7(10)5-3-1-2-4-6(5)8(11)12;7-5-1-2-6(8)10-4-3-9-5/h1-4H,(H,9,10)(H,11,12);1-2H,3-4H2/b;2-1-. The monoisotopic (exact) mass is 308 g/mol. The highest BCUT2D eigenvalue weighted by Crippen LogP contribution is 2.07. The molecular weight excluding hydrogens is 296 g/mol. The fraction of sp³-hybridized carbons (Fsp3) is 0.143. The third kappa shape index (κ3) is 5.45. The maximum atomic E-state index is 10.5. The Balaban J connectivity index is 0.000000224. The molecule has 0 amide bonds. The molecule has 2 N–H and O–H groups in total. The summed E-state index contributed by atoms with van der Waals surface area (Å²) < 4.78 is 9.06. The Morgan fingerprint density at radius 3 is 1.50 bits per heavy atom. The number of carboxylic acids is 2. The second-order valence-electron chi connectivity index (χ2n) is 3.82. The zero-order valence-electron chi connectivity index (χ0n) is 11.2. The molecule has 2 rings (SSSR count). The average Bonchev–Trinajstić information content (AvgIpc) is 2.48. The van der Waals surface area contributed by atoms with E-state index in [0.29, 0.717) is 0 Å². The predicted molar refractivity (Wildman–Crippen MR) is 71.4 cm³/mol. The number of cyclic esters (lactones) is 2. The highest BCUT2D eigenvalue weighted by molar-refractivity contribution is 6.01. The Kier molecular flexibility index (Phi) is 6.30. The summed E-state index contributed by atoms with van der Waals surface area (Å²) in [6.07, 6.45) is 2.09. The molecule has 1 heterocycles. The number of carbonyl (C=O) groups is 4. The van der Waals surface area contributed by atoms with Gasteiger partial charge in [0.1, 0.15) is 13.2 Å². The van der Waals surface area contributed by atoms with Crippen molar-refractivity contribution >= 4 is 23.9 Å². The van der Waals surface area contributed by atoms with E-state index in [9.17, 15) is 19.2 Å². The van der Waals surface area contributed by atoms with Crippen LogP contribution in [-0.4, -0.2) is 47.3 Å². The van der Waals surface area contributed by atoms with E-state index in [1.807, 2.05) is 0 Å². The van der Waals surface area contributed by atoms with Gasteiger partial charge in [-0.3, -0.25) is 0 Å². The molecule has 0 saturated heterocycles. The predicted octanol–water partition coefficient (Wildman–Crippen LogP) is 0.726. The summed E-state index contributed by atoms with van der Waals surface area (Å²) in [4.78, 5) is 41.9. The molecule has 0 radical (unpaired) electrons. The Hall–Kier alpha value is -3.16. The third-order valence-electron chi connectivity index (χ3n) is 2.32. The highest BCUT2D eigenvalue weighted by atomic mass is 16.6. The van der Waals surface area contributed by atoms with Crippen LogP contribution in [-0.2, 0) is 19.1 Å². The van der Waals surface area contributed by atoms with Crippen molar-refractivity contribution in [3.8, 4) is 0 Å². The smallest absolute Gasteiger partial charge is 0.336 e. The van der Waals surface area contributed by atoms with Crippen molar-refractivity contribution in [2.75, 3.05) is 13.2 Å². The van der Waals surface area contributed by atoms with E-state index >= 15 is 0 Å². The minimum absolute atomic E-state index is 0.134. The van der Waals surface area contributed by atoms with Crippen molar-refractivity contribution in [3.63, 3.8) is 0 Å². The number of carbonyl (C=O) groups excluding carboxylic acids is 2. The third-order valence-corrected chi connectivity index (χ3v) is 2.32. The molecule has 1 aliphatic heterocycles. The van der Waals surface area contributed by atoms with Crippen LogP contribution in [0, 0.1) is 0 Å². The van der Waals surface area contributed by atoms with E-state index < -0.39 is 23.9 Å². The normalized spacial score (nSPS) is 15.1. The Morgan fingerprint density at radius 1 is 0.818 bits per heavy atom. The summed E-state index contributed by atoms with van der Waals surface area (Å²) in [6.45, 7) is 0.268. The number of hydrogen-bond donors (Lipinski definition) is 2. The molecule has 22 heavy (non-hydrogen) atoms. The summed E-state index contributed by atoms with van der Waals surface area (Å²) >= 11 is 0. The topological polar surface area (TPSA) is 127 Å². The fourth-order valence-electron chi connectivity index (χ4n) is 1.37. The molecule has 0 aliphatic carbocycles. The Labute approximate surface area is 124 Å². The molecule has 0 bridgehead atoms. The molecule has 1 aliphatic rings. The molecule has 1 aromatic carbocycles. The molecule has 8 heteroatoms. The van der Waals surface area contributed by atoms with Crippen molar-refractivity contribution in [1.82, 2.24) is 0 Å². The summed E-state index contributed by atoms with van der Waals surface area (Å²) in [5.74, 6) is -3.46. The largest absolute Gasteiger partial charge is 0.478 e. The van der Waals surface area contributed by atoms with Crippen molar-refractivity contribution in [2.45, 2.75) is 0 Å². The van der Waals surface area contributed by atoms with E-state index in [2.05, 4.69) is 9.47 Å². The van der Waals surface area contributed by atoms with Crippen LogP contribution in [0.25, 0.3) is 0 Å². The van der Waals surface area contributed by atoms with Gasteiger partial charge in [0.15, 0.2) is 0 Å². The van der Waals surface area contributed by atoms with Crippen molar-refractivity contribution < 1.29 is 38.9 Å². The van der Waals surface area contributed by atoms with Crippen molar-refractivity contribution in [1.29, 1.82) is 0 Å². The van der Waals surface area contributed by atoms with Gasteiger partial charge in [-0.2, -0.15) is 0 Å². The first-order valence-corrected chi connectivity index (χ1v) is 5.99. The van der Waals surface area contributed by atoms with Gasteiger partial charge in [-0.25, -0.2) is 19.2 Å². The molecular formula is C14H12O8. The maximum absolute atomic E-state index is 10.5. The number of benzene rings is 1. The van der Waals surface area contributed by atoms with Gasteiger partial charge in [0, 0.05) is 12.2 Å². The second kappa shape index (κ2) is 8.20. The van der Waals surface area contributed by atoms with Crippen LogP contribution < -0.4 is 0 Å². The molecule has 0 aromatic heterocycles. The summed E-state index contributed by atoms with van der Waals surface area (Å²) in [5, 5.41) is 17.1. The number of esters is 2. The van der Waals surface area contributed by atoms with E-state index in [1.54, 1.807) is 0 Å². The van der Waals surface area contributed by atoms with E-state index in [4.69, 9.17) is 10.2 Å². The molecule has 0 unspecified atom stereocenters. The van der Waals surface area contributed by atoms with Gasteiger partial charge in [0.2, 0.25) is 0 Å². The highest BCUT2D eigenvalue weighted by Gasteiger charge is 2.13. The fourth-order valence-corrected chi connectivity index (χ4v) is 1.37. The lowest BCUT2D eigenvalue weighted by Crippen LogP contribution is -2.14. The lowest BCUT2D eigenvalue weighted by Gasteiger charge is -2.04. The van der Waals surface area contributed by atoms with Gasteiger partial charge in [-0.05, 0) is 12.1 Å². The second-order valence-corrected chi connectivity index (χ2v) is 3.82. The SMILES string of the molecule is O=C(O)c1ccccc1C(=O)O.O=C1/C=C\C(=O)OCCO1. The van der Waals surface area contributed by atoms with Crippen LogP contribution in [0.5, 0.6) is 0 Å². The maximum Gasteiger partial charge on any atom is 0.336 e. The first kappa shape index (κ1) is 16.9.